The van der Waals surface area contributed by atoms with Crippen molar-refractivity contribution < 1.29 is 19.4 Å². The number of ether oxygens (including phenoxy) is 1. The Labute approximate surface area is 139 Å². The molecule has 1 heterocycles. The lowest BCUT2D eigenvalue weighted by Crippen LogP contribution is -2.38. The molecule has 1 aromatic rings. The van der Waals surface area contributed by atoms with E-state index in [4.69, 9.17) is 4.74 Å². The summed E-state index contributed by atoms with van der Waals surface area (Å²) in [6, 6.07) is 4.73. The van der Waals surface area contributed by atoms with Gasteiger partial charge in [-0.15, -0.1) is 0 Å². The van der Waals surface area contributed by atoms with Crippen LogP contribution in [0.5, 0.6) is 11.5 Å². The fraction of sp³-hybridized carbons (Fsp3) is 0.389. The number of phenols is 1. The summed E-state index contributed by atoms with van der Waals surface area (Å²) in [5.41, 5.74) is 0.640. The van der Waals surface area contributed by atoms with Crippen molar-refractivity contribution in [1.82, 2.24) is 5.01 Å². The minimum absolute atomic E-state index is 0.0247. The summed E-state index contributed by atoms with van der Waals surface area (Å²) in [6.07, 6.45) is 7.55. The summed E-state index contributed by atoms with van der Waals surface area (Å²) >= 11 is 0. The van der Waals surface area contributed by atoms with E-state index in [1.807, 2.05) is 0 Å². The predicted molar refractivity (Wildman–Crippen MR) is 86.4 cm³/mol. The van der Waals surface area contributed by atoms with E-state index in [1.54, 1.807) is 12.1 Å². The number of amides is 2. The number of carbonyl (C=O) groups excluding carboxylic acids is 2. The lowest BCUT2D eigenvalue weighted by Gasteiger charge is -2.37. The number of carbonyl (C=O) groups is 2. The highest BCUT2D eigenvalue weighted by molar-refractivity contribution is 6.06. The molecule has 4 atom stereocenters. The molecule has 0 radical (unpaired) electrons. The van der Waals surface area contributed by atoms with Gasteiger partial charge in [0.1, 0.15) is 0 Å². The van der Waals surface area contributed by atoms with Crippen molar-refractivity contribution >= 4 is 18.0 Å². The first-order valence-electron chi connectivity index (χ1n) is 8.07. The Hall–Kier alpha value is -2.63. The number of hydrazone groups is 1. The predicted octanol–water partition coefficient (Wildman–Crippen LogP) is 1.93. The Balaban J connectivity index is 1.59. The van der Waals surface area contributed by atoms with Gasteiger partial charge in [0.05, 0.1) is 25.2 Å². The maximum atomic E-state index is 12.6. The molecule has 2 fully saturated rings. The molecule has 4 aliphatic rings. The zero-order valence-corrected chi connectivity index (χ0v) is 13.3. The van der Waals surface area contributed by atoms with Crippen LogP contribution in [0.4, 0.5) is 0 Å². The quantitative estimate of drug-likeness (QED) is 0.523. The summed E-state index contributed by atoms with van der Waals surface area (Å²) in [7, 11) is 1.46. The number of methoxy groups -OCH3 is 1. The monoisotopic (exact) mass is 326 g/mol. The molecule has 0 aromatic heterocycles. The van der Waals surface area contributed by atoms with Crippen LogP contribution in [0.25, 0.3) is 0 Å². The van der Waals surface area contributed by atoms with Crippen LogP contribution in [0.3, 0.4) is 0 Å². The highest BCUT2D eigenvalue weighted by Gasteiger charge is 2.56. The van der Waals surface area contributed by atoms with Gasteiger partial charge in [0, 0.05) is 0 Å². The van der Waals surface area contributed by atoms with Gasteiger partial charge in [-0.1, -0.05) is 12.2 Å². The van der Waals surface area contributed by atoms with Crippen LogP contribution in [0.2, 0.25) is 0 Å². The van der Waals surface area contributed by atoms with E-state index >= 15 is 0 Å². The number of imide groups is 1. The molecule has 1 saturated carbocycles. The van der Waals surface area contributed by atoms with Gasteiger partial charge in [-0.3, -0.25) is 9.59 Å². The minimum Gasteiger partial charge on any atom is -0.504 e. The molecule has 5 rings (SSSR count). The molecule has 124 valence electrons. The largest absolute Gasteiger partial charge is 0.504 e. The molecule has 2 amide bonds. The van der Waals surface area contributed by atoms with E-state index in [1.165, 1.54) is 19.4 Å². The highest BCUT2D eigenvalue weighted by Crippen LogP contribution is 2.49. The number of hydrogen-bond donors (Lipinski definition) is 1. The Morgan fingerprint density at radius 2 is 1.79 bits per heavy atom. The third-order valence-corrected chi connectivity index (χ3v) is 5.26. The van der Waals surface area contributed by atoms with Crippen LogP contribution >= 0.6 is 0 Å². The first kappa shape index (κ1) is 14.9. The summed E-state index contributed by atoms with van der Waals surface area (Å²) in [4.78, 5) is 25.3. The number of fused-ring (bicyclic) bond motifs is 1. The molecule has 1 saturated heterocycles. The molecule has 3 aliphatic carbocycles. The fourth-order valence-corrected chi connectivity index (χ4v) is 4.07. The third kappa shape index (κ3) is 2.13. The van der Waals surface area contributed by atoms with Gasteiger partial charge in [0.25, 0.3) is 11.8 Å². The molecular formula is C18H18N2O4. The van der Waals surface area contributed by atoms with Crippen LogP contribution in [0.1, 0.15) is 18.4 Å². The number of nitrogens with zero attached hydrogens (tertiary/aromatic N) is 2. The van der Waals surface area contributed by atoms with Crippen LogP contribution < -0.4 is 4.74 Å². The Bertz CT molecular complexity index is 738. The van der Waals surface area contributed by atoms with Gasteiger partial charge in [-0.2, -0.15) is 10.1 Å². The van der Waals surface area contributed by atoms with E-state index in [9.17, 15) is 14.7 Å². The number of hydrogen-bond acceptors (Lipinski definition) is 5. The molecule has 1 N–H and O–H groups in total. The second-order valence-electron chi connectivity index (χ2n) is 6.51. The molecule has 1 aromatic carbocycles. The zero-order chi connectivity index (χ0) is 16.8. The molecule has 2 bridgehead atoms. The van der Waals surface area contributed by atoms with Gasteiger partial charge in [-0.25, -0.2) is 0 Å². The van der Waals surface area contributed by atoms with Crippen LogP contribution in [-0.2, 0) is 9.59 Å². The lowest BCUT2D eigenvalue weighted by atomic mass is 9.63. The highest BCUT2D eigenvalue weighted by atomic mass is 16.5. The summed E-state index contributed by atoms with van der Waals surface area (Å²) in [6.45, 7) is 0. The van der Waals surface area contributed by atoms with Crippen molar-refractivity contribution in [1.29, 1.82) is 0 Å². The van der Waals surface area contributed by atoms with Crippen LogP contribution in [-0.4, -0.2) is 35.3 Å². The maximum absolute atomic E-state index is 12.6. The van der Waals surface area contributed by atoms with Crippen molar-refractivity contribution in [3.8, 4) is 11.5 Å². The Kier molecular flexibility index (Phi) is 3.40. The molecule has 0 spiro atoms. The summed E-state index contributed by atoms with van der Waals surface area (Å²) < 4.78 is 5.05. The first-order chi connectivity index (χ1) is 11.6. The number of phenolic OH excluding ortho intramolecular Hbond substituents is 1. The van der Waals surface area contributed by atoms with E-state index in [-0.39, 0.29) is 41.2 Å². The topological polar surface area (TPSA) is 79.2 Å². The summed E-state index contributed by atoms with van der Waals surface area (Å²) in [5, 5.41) is 14.8. The first-order valence-corrected chi connectivity index (χ1v) is 8.07. The van der Waals surface area contributed by atoms with Crippen molar-refractivity contribution in [2.75, 3.05) is 7.11 Å². The Morgan fingerprint density at radius 1 is 1.17 bits per heavy atom. The van der Waals surface area contributed by atoms with E-state index in [2.05, 4.69) is 17.3 Å². The minimum atomic E-state index is -0.257. The lowest BCUT2D eigenvalue weighted by molar-refractivity contribution is -0.140. The van der Waals surface area contributed by atoms with E-state index in [0.29, 0.717) is 11.3 Å². The molecule has 6 heteroatoms. The standard InChI is InChI=1S/C18H18N2O4/c1-24-14-8-10(2-7-13(14)21)9-19-20-17(22)15-11-3-4-12(6-5-11)16(15)18(20)23/h2-4,7-9,11-12,15-16,21H,5-6H2,1H3/b19-9-/t11-,12-,15-,16-/m0/s1. The number of rotatable bonds is 3. The molecule has 24 heavy (non-hydrogen) atoms. The van der Waals surface area contributed by atoms with Crippen molar-refractivity contribution in [2.24, 2.45) is 28.8 Å². The van der Waals surface area contributed by atoms with Gasteiger partial charge in [0.15, 0.2) is 11.5 Å². The SMILES string of the molecule is COc1cc(/C=N\N2C(=O)[C@@H]3[C@@H](C2=O)[C@H]2C=C[C@H]3CC2)ccc1O. The second-order valence-corrected chi connectivity index (χ2v) is 6.51. The van der Waals surface area contributed by atoms with Crippen molar-refractivity contribution in [3.05, 3.63) is 35.9 Å². The van der Waals surface area contributed by atoms with Gasteiger partial charge in [-0.05, 0) is 48.4 Å². The third-order valence-electron chi connectivity index (χ3n) is 5.26. The molecular weight excluding hydrogens is 308 g/mol. The van der Waals surface area contributed by atoms with Crippen molar-refractivity contribution in [2.45, 2.75) is 12.8 Å². The average Bonchev–Trinajstić information content (AvgIpc) is 2.88. The normalized spacial score (nSPS) is 31.1. The zero-order valence-electron chi connectivity index (χ0n) is 13.3. The number of benzene rings is 1. The van der Waals surface area contributed by atoms with Gasteiger partial charge >= 0.3 is 0 Å². The smallest absolute Gasteiger partial charge is 0.254 e. The molecule has 1 aliphatic heterocycles. The van der Waals surface area contributed by atoms with Crippen LogP contribution in [0.15, 0.2) is 35.5 Å². The Morgan fingerprint density at radius 3 is 2.33 bits per heavy atom. The van der Waals surface area contributed by atoms with E-state index in [0.717, 1.165) is 17.9 Å². The second kappa shape index (κ2) is 5.47. The van der Waals surface area contributed by atoms with E-state index < -0.39 is 0 Å². The number of allylic oxidation sites excluding steroid dienone is 2. The van der Waals surface area contributed by atoms with Gasteiger partial charge < -0.3 is 9.84 Å². The van der Waals surface area contributed by atoms with Crippen molar-refractivity contribution in [3.63, 3.8) is 0 Å². The van der Waals surface area contributed by atoms with Gasteiger partial charge in [0.2, 0.25) is 0 Å². The molecule has 0 unspecified atom stereocenters. The number of aromatic hydroxyl groups is 1. The molecule has 6 nitrogen and oxygen atoms in total. The average molecular weight is 326 g/mol. The fourth-order valence-electron chi connectivity index (χ4n) is 4.07. The maximum Gasteiger partial charge on any atom is 0.254 e. The summed E-state index contributed by atoms with van der Waals surface area (Å²) in [5.74, 6) is -0.265. The van der Waals surface area contributed by atoms with Crippen LogP contribution in [0, 0.1) is 23.7 Å².